The van der Waals surface area contributed by atoms with Crippen LogP contribution >= 0.6 is 12.2 Å². The Balaban J connectivity index is 2.29. The maximum Gasteiger partial charge on any atom is 0.167 e. The molecule has 0 amide bonds. The largest absolute Gasteiger partial charge is 0.294 e. The lowest BCUT2D eigenvalue weighted by atomic mass is 9.88. The lowest BCUT2D eigenvalue weighted by Gasteiger charge is -2.16. The van der Waals surface area contributed by atoms with Gasteiger partial charge in [-0.05, 0) is 34.6 Å². The van der Waals surface area contributed by atoms with Crippen molar-refractivity contribution in [2.45, 2.75) is 52.4 Å². The molecule has 0 aliphatic heterocycles. The van der Waals surface area contributed by atoms with Crippen molar-refractivity contribution < 1.29 is 4.79 Å². The maximum absolute atomic E-state index is 12.7. The number of rotatable bonds is 5. The van der Waals surface area contributed by atoms with E-state index in [2.05, 4.69) is 39.8 Å². The molecule has 1 aliphatic carbocycles. The van der Waals surface area contributed by atoms with Gasteiger partial charge >= 0.3 is 0 Å². The monoisotopic (exact) mass is 312 g/mol. The first kappa shape index (κ1) is 16.8. The Kier molecular flexibility index (Phi) is 5.47. The van der Waals surface area contributed by atoms with Gasteiger partial charge in [-0.15, -0.1) is 0 Å². The van der Waals surface area contributed by atoms with Crippen LogP contribution in [0.25, 0.3) is 0 Å². The normalized spacial score (nSPS) is 14.6. The van der Waals surface area contributed by atoms with E-state index in [0.717, 1.165) is 28.0 Å². The zero-order chi connectivity index (χ0) is 16.3. The molecule has 116 valence electrons. The first-order valence-corrected chi connectivity index (χ1v) is 8.36. The zero-order valence-corrected chi connectivity index (χ0v) is 14.7. The fourth-order valence-electron chi connectivity index (χ4n) is 2.70. The summed E-state index contributed by atoms with van der Waals surface area (Å²) < 4.78 is 0. The summed E-state index contributed by atoms with van der Waals surface area (Å²) in [5, 5.41) is 0. The summed E-state index contributed by atoms with van der Waals surface area (Å²) in [5.74, 6) is 0.997. The van der Waals surface area contributed by atoms with Crippen LogP contribution in [0.1, 0.15) is 73.9 Å². The number of thiocarbonyl (C=S) groups is 1. The molecule has 2 heteroatoms. The van der Waals surface area contributed by atoms with Crippen LogP contribution in [0, 0.1) is 0 Å². The van der Waals surface area contributed by atoms with Gasteiger partial charge in [0.1, 0.15) is 0 Å². The van der Waals surface area contributed by atoms with Gasteiger partial charge in [0.15, 0.2) is 5.78 Å². The molecule has 1 aliphatic rings. The Bertz CT molecular complexity index is 648. The number of carbonyl (C=O) groups excluding carboxylic acids is 1. The van der Waals surface area contributed by atoms with Crippen molar-refractivity contribution in [3.63, 3.8) is 0 Å². The summed E-state index contributed by atoms with van der Waals surface area (Å²) >= 11 is 5.23. The molecule has 22 heavy (non-hydrogen) atoms. The Labute approximate surface area is 139 Å². The fraction of sp³-hybridized carbons (Fsp3) is 0.400. The van der Waals surface area contributed by atoms with E-state index in [1.54, 1.807) is 0 Å². The molecule has 0 atom stereocenters. The molecule has 0 fully saturated rings. The second-order valence-corrected chi connectivity index (χ2v) is 7.07. The highest BCUT2D eigenvalue weighted by Gasteiger charge is 2.17. The van der Waals surface area contributed by atoms with Crippen molar-refractivity contribution >= 4 is 22.9 Å². The maximum atomic E-state index is 12.7. The highest BCUT2D eigenvalue weighted by Crippen LogP contribution is 2.27. The van der Waals surface area contributed by atoms with E-state index in [4.69, 9.17) is 12.2 Å². The van der Waals surface area contributed by atoms with E-state index in [1.165, 1.54) is 5.56 Å². The van der Waals surface area contributed by atoms with Crippen LogP contribution in [-0.4, -0.2) is 10.6 Å². The minimum absolute atomic E-state index is 0.180. The molecule has 0 unspecified atom stereocenters. The number of allylic oxidation sites excluding steroid dienone is 4. The second kappa shape index (κ2) is 7.15. The highest BCUT2D eigenvalue weighted by molar-refractivity contribution is 7.80. The van der Waals surface area contributed by atoms with Gasteiger partial charge < -0.3 is 0 Å². The highest BCUT2D eigenvalue weighted by atomic mass is 32.1. The van der Waals surface area contributed by atoms with Crippen molar-refractivity contribution in [2.24, 2.45) is 0 Å². The Morgan fingerprint density at radius 2 is 1.91 bits per heavy atom. The zero-order valence-electron chi connectivity index (χ0n) is 13.8. The Hall–Kier alpha value is -1.54. The lowest BCUT2D eigenvalue weighted by molar-refractivity contribution is 0.0992. The van der Waals surface area contributed by atoms with Gasteiger partial charge in [0.25, 0.3) is 0 Å². The topological polar surface area (TPSA) is 17.1 Å². The summed E-state index contributed by atoms with van der Waals surface area (Å²) in [6.07, 6.45) is 7.26. The molecule has 0 N–H and O–H groups in total. The Morgan fingerprint density at radius 1 is 1.18 bits per heavy atom. The quantitative estimate of drug-likeness (QED) is 0.507. The number of hydrogen-bond acceptors (Lipinski definition) is 2. The van der Waals surface area contributed by atoms with Crippen LogP contribution in [-0.2, 0) is 0 Å². The molecule has 0 radical (unpaired) electrons. The van der Waals surface area contributed by atoms with Crippen molar-refractivity contribution in [1.29, 1.82) is 0 Å². The van der Waals surface area contributed by atoms with E-state index in [9.17, 15) is 4.79 Å². The van der Waals surface area contributed by atoms with Gasteiger partial charge in [-0.25, -0.2) is 0 Å². The van der Waals surface area contributed by atoms with Gasteiger partial charge in [0, 0.05) is 23.3 Å². The average molecular weight is 312 g/mol. The minimum atomic E-state index is 0.180. The van der Waals surface area contributed by atoms with Crippen LogP contribution in [0.3, 0.4) is 0 Å². The van der Waals surface area contributed by atoms with Crippen LogP contribution in [0.4, 0.5) is 0 Å². The molecule has 0 saturated heterocycles. The van der Waals surface area contributed by atoms with Gasteiger partial charge in [0.05, 0.1) is 0 Å². The van der Waals surface area contributed by atoms with Crippen molar-refractivity contribution in [3.05, 3.63) is 58.7 Å². The minimum Gasteiger partial charge on any atom is -0.294 e. The molecule has 1 nitrogen and oxygen atoms in total. The number of hydrogen-bond donors (Lipinski definition) is 0. The smallest absolute Gasteiger partial charge is 0.167 e. The predicted molar refractivity (Wildman–Crippen MR) is 98.0 cm³/mol. The van der Waals surface area contributed by atoms with Gasteiger partial charge in [-0.1, -0.05) is 70.3 Å². The van der Waals surface area contributed by atoms with Crippen molar-refractivity contribution in [3.8, 4) is 0 Å². The van der Waals surface area contributed by atoms with E-state index in [-0.39, 0.29) is 5.78 Å². The molecule has 1 aromatic carbocycles. The molecule has 1 aromatic rings. The first-order chi connectivity index (χ1) is 10.4. The molecule has 0 saturated carbocycles. The van der Waals surface area contributed by atoms with E-state index in [1.807, 2.05) is 24.3 Å². The third-order valence-electron chi connectivity index (χ3n) is 4.03. The lowest BCUT2D eigenvalue weighted by Crippen LogP contribution is -2.08. The number of carbonyl (C=O) groups is 1. The molecule has 0 aromatic heterocycles. The van der Waals surface area contributed by atoms with Gasteiger partial charge in [-0.3, -0.25) is 4.79 Å². The first-order valence-electron chi connectivity index (χ1n) is 7.95. The molecule has 0 spiro atoms. The summed E-state index contributed by atoms with van der Waals surface area (Å²) in [7, 11) is 0. The molecule has 2 rings (SSSR count). The van der Waals surface area contributed by atoms with Crippen LogP contribution < -0.4 is 0 Å². The van der Waals surface area contributed by atoms with Crippen LogP contribution in [0.5, 0.6) is 0 Å². The number of ketones is 1. The predicted octanol–water partition coefficient (Wildman–Crippen LogP) is 5.76. The Morgan fingerprint density at radius 3 is 2.50 bits per heavy atom. The molecule has 0 bridgehead atoms. The molecule has 0 heterocycles. The molecular formula is C20H24OS. The third-order valence-corrected chi connectivity index (χ3v) is 4.31. The van der Waals surface area contributed by atoms with Gasteiger partial charge in [0.2, 0.25) is 0 Å². The van der Waals surface area contributed by atoms with Gasteiger partial charge in [-0.2, -0.15) is 0 Å². The van der Waals surface area contributed by atoms with Crippen LogP contribution in [0.15, 0.2) is 42.0 Å². The fourth-order valence-corrected chi connectivity index (χ4v) is 2.95. The van der Waals surface area contributed by atoms with Crippen LogP contribution in [0.2, 0.25) is 0 Å². The summed E-state index contributed by atoms with van der Waals surface area (Å²) in [6.45, 7) is 8.65. The average Bonchev–Trinajstić information content (AvgIpc) is 2.46. The summed E-state index contributed by atoms with van der Waals surface area (Å²) in [6, 6.07) is 6.27. The van der Waals surface area contributed by atoms with E-state index in [0.29, 0.717) is 18.3 Å². The summed E-state index contributed by atoms with van der Waals surface area (Å²) in [4.78, 5) is 13.6. The number of benzene rings is 1. The third kappa shape index (κ3) is 4.01. The van der Waals surface area contributed by atoms with Crippen molar-refractivity contribution in [1.82, 2.24) is 0 Å². The summed E-state index contributed by atoms with van der Waals surface area (Å²) in [5.41, 5.74) is 4.31. The number of Topliss-reactive ketones (excluding diaryl/α,β-unsaturated/α-hetero) is 1. The van der Waals surface area contributed by atoms with Crippen molar-refractivity contribution in [2.75, 3.05) is 0 Å². The SMILES string of the molecule is CC(C)c1ccc(C(=O)CC2=CC(=S)CC=C2)c(C(C)C)c1. The second-order valence-electron chi connectivity index (χ2n) is 6.55. The van der Waals surface area contributed by atoms with E-state index >= 15 is 0 Å². The standard InChI is InChI=1S/C20H24OS/c1-13(2)16-8-9-18(19(12-16)14(3)4)20(21)11-15-6-5-7-17(22)10-15/h5-6,8-10,12-14H,7,11H2,1-4H3. The van der Waals surface area contributed by atoms with E-state index < -0.39 is 0 Å². The molecular weight excluding hydrogens is 288 g/mol.